The number of rotatable bonds is 8. The Bertz CT molecular complexity index is 503. The van der Waals surface area contributed by atoms with Crippen LogP contribution in [0, 0.1) is 0 Å². The van der Waals surface area contributed by atoms with E-state index in [-0.39, 0.29) is 18.5 Å². The summed E-state index contributed by atoms with van der Waals surface area (Å²) in [4.78, 5) is 22.1. The third-order valence-corrected chi connectivity index (χ3v) is 2.57. The second-order valence-corrected chi connectivity index (χ2v) is 4.53. The Morgan fingerprint density at radius 1 is 1.19 bits per heavy atom. The van der Waals surface area contributed by atoms with E-state index in [9.17, 15) is 9.59 Å². The number of hydrogen-bond donors (Lipinski definition) is 0. The van der Waals surface area contributed by atoms with Crippen molar-refractivity contribution in [2.45, 2.75) is 26.4 Å². The predicted octanol–water partition coefficient (Wildman–Crippen LogP) is 3.19. The minimum atomic E-state index is -0.339. The van der Waals surface area contributed by atoms with Crippen molar-refractivity contribution in [2.24, 2.45) is 0 Å². The zero-order chi connectivity index (χ0) is 15.5. The molecular weight excluding hydrogens is 268 g/mol. The highest BCUT2D eigenvalue weighted by molar-refractivity contribution is 5.69. The van der Waals surface area contributed by atoms with E-state index in [0.29, 0.717) is 25.0 Å². The second-order valence-electron chi connectivity index (χ2n) is 4.53. The van der Waals surface area contributed by atoms with Crippen molar-refractivity contribution in [2.75, 3.05) is 6.61 Å². The Hall–Kier alpha value is -2.36. The molecule has 0 N–H and O–H groups in total. The standard InChI is InChI=1S/C17H20O4/c1-14(12-20-15(2)18)8-6-7-11-17(19)21-13-16-9-4-3-5-10-16/h3-6,8-10H,1,7,11-13H2,2H3/b8-6+. The quantitative estimate of drug-likeness (QED) is 0.544. The molecule has 0 unspecified atom stereocenters. The van der Waals surface area contributed by atoms with Gasteiger partial charge < -0.3 is 9.47 Å². The van der Waals surface area contributed by atoms with Gasteiger partial charge >= 0.3 is 11.9 Å². The predicted molar refractivity (Wildman–Crippen MR) is 80.4 cm³/mol. The van der Waals surface area contributed by atoms with Gasteiger partial charge in [0.15, 0.2) is 0 Å². The summed E-state index contributed by atoms with van der Waals surface area (Å²) in [7, 11) is 0. The molecule has 0 heterocycles. The summed E-state index contributed by atoms with van der Waals surface area (Å²) in [6, 6.07) is 9.54. The molecule has 1 aromatic carbocycles. The average Bonchev–Trinajstić information content (AvgIpc) is 2.48. The largest absolute Gasteiger partial charge is 0.461 e. The van der Waals surface area contributed by atoms with Gasteiger partial charge in [0.2, 0.25) is 0 Å². The highest BCUT2D eigenvalue weighted by Gasteiger charge is 2.01. The number of ether oxygens (including phenoxy) is 2. The van der Waals surface area contributed by atoms with Crippen molar-refractivity contribution < 1.29 is 19.1 Å². The summed E-state index contributed by atoms with van der Waals surface area (Å²) >= 11 is 0. The van der Waals surface area contributed by atoms with Crippen molar-refractivity contribution in [3.63, 3.8) is 0 Å². The first-order valence-corrected chi connectivity index (χ1v) is 6.75. The molecule has 4 heteroatoms. The molecule has 4 nitrogen and oxygen atoms in total. The maximum Gasteiger partial charge on any atom is 0.306 e. The Morgan fingerprint density at radius 2 is 1.90 bits per heavy atom. The highest BCUT2D eigenvalue weighted by Crippen LogP contribution is 2.04. The lowest BCUT2D eigenvalue weighted by atomic mass is 10.2. The summed E-state index contributed by atoms with van der Waals surface area (Å²) in [5.41, 5.74) is 1.65. The first-order valence-electron chi connectivity index (χ1n) is 6.75. The van der Waals surface area contributed by atoms with Gasteiger partial charge in [0.05, 0.1) is 0 Å². The van der Waals surface area contributed by atoms with Crippen LogP contribution in [0.4, 0.5) is 0 Å². The molecule has 1 aromatic rings. The Labute approximate surface area is 125 Å². The molecule has 0 saturated heterocycles. The number of benzene rings is 1. The summed E-state index contributed by atoms with van der Waals surface area (Å²) in [6.45, 7) is 5.55. The van der Waals surface area contributed by atoms with E-state index in [1.807, 2.05) is 36.4 Å². The molecule has 0 aromatic heterocycles. The van der Waals surface area contributed by atoms with Gasteiger partial charge in [-0.1, -0.05) is 49.1 Å². The maximum absolute atomic E-state index is 11.5. The van der Waals surface area contributed by atoms with Crippen LogP contribution in [0.25, 0.3) is 0 Å². The fourth-order valence-corrected chi connectivity index (χ4v) is 1.50. The van der Waals surface area contributed by atoms with Crippen molar-refractivity contribution in [3.8, 4) is 0 Å². The number of allylic oxidation sites excluding steroid dienone is 1. The first-order chi connectivity index (χ1) is 10.1. The van der Waals surface area contributed by atoms with E-state index in [4.69, 9.17) is 9.47 Å². The van der Waals surface area contributed by atoms with Crippen LogP contribution in [-0.4, -0.2) is 18.5 Å². The molecule has 0 fully saturated rings. The zero-order valence-corrected chi connectivity index (χ0v) is 12.2. The molecule has 0 aliphatic rings. The molecule has 0 aliphatic heterocycles. The van der Waals surface area contributed by atoms with Gasteiger partial charge in [0.1, 0.15) is 13.2 Å². The van der Waals surface area contributed by atoms with Crippen LogP contribution in [0.15, 0.2) is 54.6 Å². The third kappa shape index (κ3) is 8.42. The van der Waals surface area contributed by atoms with Crippen LogP contribution in [0.3, 0.4) is 0 Å². The summed E-state index contributed by atoms with van der Waals surface area (Å²) in [6.07, 6.45) is 4.43. The summed E-state index contributed by atoms with van der Waals surface area (Å²) < 4.78 is 9.94. The normalized spacial score (nSPS) is 10.3. The topological polar surface area (TPSA) is 52.6 Å². The van der Waals surface area contributed by atoms with Crippen LogP contribution >= 0.6 is 0 Å². The summed E-state index contributed by atoms with van der Waals surface area (Å²) in [5.74, 6) is -0.580. The van der Waals surface area contributed by atoms with Gasteiger partial charge in [-0.25, -0.2) is 0 Å². The van der Waals surface area contributed by atoms with E-state index in [0.717, 1.165) is 5.56 Å². The van der Waals surface area contributed by atoms with Crippen LogP contribution in [0.2, 0.25) is 0 Å². The number of esters is 2. The Balaban J connectivity index is 2.15. The van der Waals surface area contributed by atoms with Crippen LogP contribution in [-0.2, 0) is 25.7 Å². The zero-order valence-electron chi connectivity index (χ0n) is 12.2. The van der Waals surface area contributed by atoms with Crippen molar-refractivity contribution in [1.29, 1.82) is 0 Å². The first kappa shape index (κ1) is 16.7. The molecule has 0 saturated carbocycles. The minimum Gasteiger partial charge on any atom is -0.461 e. The van der Waals surface area contributed by atoms with Gasteiger partial charge in [-0.3, -0.25) is 9.59 Å². The number of carbonyl (C=O) groups is 2. The minimum absolute atomic E-state index is 0.171. The van der Waals surface area contributed by atoms with Crippen molar-refractivity contribution in [1.82, 2.24) is 0 Å². The van der Waals surface area contributed by atoms with E-state index in [1.165, 1.54) is 6.92 Å². The highest BCUT2D eigenvalue weighted by atomic mass is 16.5. The Kier molecular flexibility index (Phi) is 7.58. The van der Waals surface area contributed by atoms with Gasteiger partial charge in [-0.05, 0) is 17.6 Å². The van der Waals surface area contributed by atoms with Gasteiger partial charge in [-0.2, -0.15) is 0 Å². The fourth-order valence-electron chi connectivity index (χ4n) is 1.50. The molecule has 0 bridgehead atoms. The molecule has 0 atom stereocenters. The third-order valence-electron chi connectivity index (χ3n) is 2.57. The van der Waals surface area contributed by atoms with Crippen LogP contribution < -0.4 is 0 Å². The van der Waals surface area contributed by atoms with Gasteiger partial charge in [-0.15, -0.1) is 0 Å². The molecular formula is C17H20O4. The molecule has 0 radical (unpaired) electrons. The lowest BCUT2D eigenvalue weighted by Crippen LogP contribution is -2.03. The van der Waals surface area contributed by atoms with E-state index in [2.05, 4.69) is 6.58 Å². The fraction of sp³-hybridized carbons (Fsp3) is 0.294. The molecule has 112 valence electrons. The smallest absolute Gasteiger partial charge is 0.306 e. The molecule has 1 rings (SSSR count). The van der Waals surface area contributed by atoms with Crippen LogP contribution in [0.1, 0.15) is 25.3 Å². The molecule has 21 heavy (non-hydrogen) atoms. The average molecular weight is 288 g/mol. The lowest BCUT2D eigenvalue weighted by Gasteiger charge is -2.03. The van der Waals surface area contributed by atoms with E-state index >= 15 is 0 Å². The maximum atomic E-state index is 11.5. The number of carbonyl (C=O) groups excluding carboxylic acids is 2. The Morgan fingerprint density at radius 3 is 2.57 bits per heavy atom. The van der Waals surface area contributed by atoms with Gasteiger partial charge in [0.25, 0.3) is 0 Å². The molecule has 0 spiro atoms. The van der Waals surface area contributed by atoms with Gasteiger partial charge in [0, 0.05) is 13.3 Å². The number of hydrogen-bond acceptors (Lipinski definition) is 4. The second kappa shape index (κ2) is 9.53. The van der Waals surface area contributed by atoms with E-state index < -0.39 is 0 Å². The van der Waals surface area contributed by atoms with E-state index in [1.54, 1.807) is 6.08 Å². The van der Waals surface area contributed by atoms with Crippen molar-refractivity contribution in [3.05, 3.63) is 60.2 Å². The molecule has 0 aliphatic carbocycles. The van der Waals surface area contributed by atoms with Crippen LogP contribution in [0.5, 0.6) is 0 Å². The molecule has 0 amide bonds. The SMILES string of the molecule is C=C(/C=C/CCC(=O)OCc1ccccc1)COC(C)=O. The monoisotopic (exact) mass is 288 g/mol. The lowest BCUT2D eigenvalue weighted by molar-refractivity contribution is -0.145. The van der Waals surface area contributed by atoms with Crippen molar-refractivity contribution >= 4 is 11.9 Å². The summed E-state index contributed by atoms with van der Waals surface area (Å²) in [5, 5.41) is 0.